The summed E-state index contributed by atoms with van der Waals surface area (Å²) in [6.07, 6.45) is 19.3. The monoisotopic (exact) mass is 464 g/mol. The van der Waals surface area contributed by atoms with E-state index in [4.69, 9.17) is 9.47 Å². The van der Waals surface area contributed by atoms with E-state index in [-0.39, 0.29) is 11.9 Å². The third-order valence-corrected chi connectivity index (χ3v) is 6.86. The van der Waals surface area contributed by atoms with Gasteiger partial charge in [0.2, 0.25) is 0 Å². The zero-order chi connectivity index (χ0) is 24.5. The van der Waals surface area contributed by atoms with Gasteiger partial charge in [-0.3, -0.25) is 9.59 Å². The standard InChI is InChI=1S/C29H52O4/c1-24(2)18-12-8-6-10-16-22-32-27(30)26-20-14-15-21-29(26,5)28(31)33-23-17-11-7-9-13-19-25(3)4/h15,21,24-26H,6-14,16-20,22-23H2,1-5H3. The van der Waals surface area contributed by atoms with Gasteiger partial charge in [0.1, 0.15) is 0 Å². The topological polar surface area (TPSA) is 52.6 Å². The van der Waals surface area contributed by atoms with Crippen LogP contribution in [0.2, 0.25) is 0 Å². The van der Waals surface area contributed by atoms with Gasteiger partial charge in [-0.25, -0.2) is 0 Å². The molecule has 1 aliphatic carbocycles. The molecule has 0 amide bonds. The van der Waals surface area contributed by atoms with E-state index >= 15 is 0 Å². The first kappa shape index (κ1) is 29.7. The van der Waals surface area contributed by atoms with E-state index in [0.29, 0.717) is 19.6 Å². The quantitative estimate of drug-likeness (QED) is 0.117. The van der Waals surface area contributed by atoms with Crippen LogP contribution < -0.4 is 0 Å². The zero-order valence-corrected chi connectivity index (χ0v) is 22.3. The first-order valence-electron chi connectivity index (χ1n) is 13.8. The number of allylic oxidation sites excluding steroid dienone is 1. The van der Waals surface area contributed by atoms with Crippen LogP contribution in [0.15, 0.2) is 12.2 Å². The lowest BCUT2D eigenvalue weighted by Gasteiger charge is -2.34. The molecule has 0 heterocycles. The van der Waals surface area contributed by atoms with Crippen molar-refractivity contribution >= 4 is 11.9 Å². The van der Waals surface area contributed by atoms with Gasteiger partial charge >= 0.3 is 11.9 Å². The smallest absolute Gasteiger partial charge is 0.316 e. The number of ether oxygens (including phenoxy) is 2. The van der Waals surface area contributed by atoms with E-state index in [2.05, 4.69) is 27.7 Å². The van der Waals surface area contributed by atoms with Gasteiger partial charge < -0.3 is 9.47 Å². The summed E-state index contributed by atoms with van der Waals surface area (Å²) in [6, 6.07) is 0. The van der Waals surface area contributed by atoms with Crippen LogP contribution in [-0.2, 0) is 19.1 Å². The summed E-state index contributed by atoms with van der Waals surface area (Å²) in [5, 5.41) is 0. The molecule has 4 nitrogen and oxygen atoms in total. The van der Waals surface area contributed by atoms with Gasteiger partial charge in [0.15, 0.2) is 0 Å². The highest BCUT2D eigenvalue weighted by Crippen LogP contribution is 2.38. The number of esters is 2. The van der Waals surface area contributed by atoms with E-state index in [1.807, 2.05) is 19.1 Å². The molecule has 0 aromatic heterocycles. The van der Waals surface area contributed by atoms with Crippen LogP contribution in [0, 0.1) is 23.2 Å². The predicted octanol–water partition coefficient (Wildman–Crippen LogP) is 8.04. The third-order valence-electron chi connectivity index (χ3n) is 6.86. The Morgan fingerprint density at radius 1 is 0.788 bits per heavy atom. The molecule has 0 aromatic rings. The predicted molar refractivity (Wildman–Crippen MR) is 137 cm³/mol. The van der Waals surface area contributed by atoms with Crippen LogP contribution in [-0.4, -0.2) is 25.2 Å². The Balaban J connectivity index is 2.29. The summed E-state index contributed by atoms with van der Waals surface area (Å²) < 4.78 is 11.2. The summed E-state index contributed by atoms with van der Waals surface area (Å²) in [6.45, 7) is 11.8. The van der Waals surface area contributed by atoms with Gasteiger partial charge in [-0.2, -0.15) is 0 Å². The van der Waals surface area contributed by atoms with Gasteiger partial charge in [-0.05, 0) is 44.4 Å². The van der Waals surface area contributed by atoms with Crippen molar-refractivity contribution in [1.82, 2.24) is 0 Å². The number of hydrogen-bond acceptors (Lipinski definition) is 4. The second-order valence-electron chi connectivity index (χ2n) is 11.0. The average Bonchev–Trinajstić information content (AvgIpc) is 2.76. The van der Waals surface area contributed by atoms with Crippen molar-refractivity contribution in [1.29, 1.82) is 0 Å². The minimum absolute atomic E-state index is 0.247. The van der Waals surface area contributed by atoms with Gasteiger partial charge in [-0.15, -0.1) is 0 Å². The lowest BCUT2D eigenvalue weighted by Crippen LogP contribution is -2.42. The van der Waals surface area contributed by atoms with Gasteiger partial charge in [0.25, 0.3) is 0 Å². The molecular formula is C29H52O4. The van der Waals surface area contributed by atoms with Crippen LogP contribution in [0.25, 0.3) is 0 Å². The number of carbonyl (C=O) groups is 2. The normalized spacial score (nSPS) is 20.4. The lowest BCUT2D eigenvalue weighted by atomic mass is 9.71. The van der Waals surface area contributed by atoms with Crippen LogP contribution >= 0.6 is 0 Å². The summed E-state index contributed by atoms with van der Waals surface area (Å²) >= 11 is 0. The third kappa shape index (κ3) is 12.6. The summed E-state index contributed by atoms with van der Waals surface area (Å²) in [4.78, 5) is 25.7. The Labute approximate surface area is 204 Å². The van der Waals surface area contributed by atoms with Crippen molar-refractivity contribution in [2.24, 2.45) is 23.2 Å². The second-order valence-corrected chi connectivity index (χ2v) is 11.0. The van der Waals surface area contributed by atoms with Crippen molar-refractivity contribution < 1.29 is 19.1 Å². The zero-order valence-electron chi connectivity index (χ0n) is 22.3. The summed E-state index contributed by atoms with van der Waals surface area (Å²) in [7, 11) is 0. The van der Waals surface area contributed by atoms with Crippen molar-refractivity contribution in [2.45, 2.75) is 125 Å². The highest BCUT2D eigenvalue weighted by Gasteiger charge is 2.46. The largest absolute Gasteiger partial charge is 0.465 e. The maximum atomic E-state index is 12.9. The fraction of sp³-hybridized carbons (Fsp3) is 0.862. The van der Waals surface area contributed by atoms with Crippen LogP contribution in [0.1, 0.15) is 125 Å². The molecule has 0 spiro atoms. The van der Waals surface area contributed by atoms with Gasteiger partial charge in [0, 0.05) is 0 Å². The van der Waals surface area contributed by atoms with E-state index in [0.717, 1.165) is 43.9 Å². The Morgan fingerprint density at radius 2 is 1.27 bits per heavy atom. The van der Waals surface area contributed by atoms with Crippen molar-refractivity contribution in [3.63, 3.8) is 0 Å². The molecule has 0 saturated heterocycles. The molecule has 33 heavy (non-hydrogen) atoms. The Morgan fingerprint density at radius 3 is 1.82 bits per heavy atom. The Hall–Kier alpha value is -1.32. The van der Waals surface area contributed by atoms with E-state index in [1.165, 1.54) is 51.4 Å². The van der Waals surface area contributed by atoms with Crippen molar-refractivity contribution in [2.75, 3.05) is 13.2 Å². The number of hydrogen-bond donors (Lipinski definition) is 0. The number of rotatable bonds is 18. The van der Waals surface area contributed by atoms with Crippen LogP contribution in [0.4, 0.5) is 0 Å². The molecule has 0 aliphatic heterocycles. The van der Waals surface area contributed by atoms with Crippen LogP contribution in [0.3, 0.4) is 0 Å². The number of unbranched alkanes of at least 4 members (excludes halogenated alkanes) is 8. The second kappa shape index (κ2) is 17.2. The molecule has 192 valence electrons. The molecule has 0 saturated carbocycles. The highest BCUT2D eigenvalue weighted by atomic mass is 16.5. The fourth-order valence-electron chi connectivity index (χ4n) is 4.54. The molecule has 0 fully saturated rings. The molecular weight excluding hydrogens is 412 g/mol. The summed E-state index contributed by atoms with van der Waals surface area (Å²) in [5.41, 5.74) is -0.913. The molecule has 2 atom stereocenters. The summed E-state index contributed by atoms with van der Waals surface area (Å²) in [5.74, 6) is 0.566. The molecule has 1 aliphatic rings. The minimum Gasteiger partial charge on any atom is -0.465 e. The molecule has 2 unspecified atom stereocenters. The first-order chi connectivity index (χ1) is 15.8. The molecule has 0 bridgehead atoms. The molecule has 0 N–H and O–H groups in total. The molecule has 0 radical (unpaired) electrons. The highest BCUT2D eigenvalue weighted by molar-refractivity contribution is 5.87. The number of carbonyl (C=O) groups excluding carboxylic acids is 2. The van der Waals surface area contributed by atoms with E-state index in [1.54, 1.807) is 0 Å². The van der Waals surface area contributed by atoms with Crippen molar-refractivity contribution in [3.05, 3.63) is 12.2 Å². The lowest BCUT2D eigenvalue weighted by molar-refractivity contribution is -0.166. The molecule has 4 heteroatoms. The minimum atomic E-state index is -0.913. The van der Waals surface area contributed by atoms with E-state index in [9.17, 15) is 9.59 Å². The van der Waals surface area contributed by atoms with Crippen LogP contribution in [0.5, 0.6) is 0 Å². The SMILES string of the molecule is CC(C)CCCCCCCOC(=O)C1CCC=CC1(C)C(=O)OCCCCCCCC(C)C. The maximum Gasteiger partial charge on any atom is 0.316 e. The molecule has 0 aromatic carbocycles. The van der Waals surface area contributed by atoms with Crippen molar-refractivity contribution in [3.8, 4) is 0 Å². The fourth-order valence-corrected chi connectivity index (χ4v) is 4.54. The van der Waals surface area contributed by atoms with Gasteiger partial charge in [-0.1, -0.05) is 104 Å². The molecule has 1 rings (SSSR count). The van der Waals surface area contributed by atoms with E-state index < -0.39 is 11.3 Å². The first-order valence-corrected chi connectivity index (χ1v) is 13.8. The van der Waals surface area contributed by atoms with Gasteiger partial charge in [0.05, 0.1) is 24.5 Å². The Bertz CT molecular complexity index is 566. The average molecular weight is 465 g/mol. The maximum absolute atomic E-state index is 12.9. The Kier molecular flexibility index (Phi) is 15.5.